The highest BCUT2D eigenvalue weighted by atomic mass is 15.2. The molecule has 14 rings (SSSR count). The molecule has 0 aromatic heterocycles. The largest absolute Gasteiger partial charge is 0.335 e. The van der Waals surface area contributed by atoms with Crippen LogP contribution in [0.15, 0.2) is 225 Å². The first-order chi connectivity index (χ1) is 39.5. The monoisotopic (exact) mass is 1070 g/mol. The average Bonchev–Trinajstić information content (AvgIpc) is 2.26. The summed E-state index contributed by atoms with van der Waals surface area (Å²) in [7, 11) is 0. The van der Waals surface area contributed by atoms with Gasteiger partial charge in [-0.2, -0.15) is 0 Å². The lowest BCUT2D eigenvalue weighted by Gasteiger charge is -2.49. The quantitative estimate of drug-likeness (QED) is 0.111. The molecule has 7 unspecified atom stereocenters. The first-order valence-corrected chi connectivity index (χ1v) is 30.7. The molecule has 2 heterocycles. The molecule has 0 radical (unpaired) electrons. The second kappa shape index (κ2) is 19.2. The van der Waals surface area contributed by atoms with E-state index in [4.69, 9.17) is 6.58 Å². The minimum atomic E-state index is -0.712. The van der Waals surface area contributed by atoms with Crippen molar-refractivity contribution in [3.8, 4) is 33.4 Å². The molecule has 0 spiro atoms. The fraction of sp³-hybridized carbons (Fsp3) is 0.300. The van der Waals surface area contributed by atoms with Crippen LogP contribution in [0.2, 0.25) is 0 Å². The highest BCUT2D eigenvalue weighted by Gasteiger charge is 2.55. The third-order valence-electron chi connectivity index (χ3n) is 21.4. The van der Waals surface area contributed by atoms with Crippen LogP contribution in [0, 0.1) is 22.7 Å². The minimum absolute atomic E-state index is 0.000241. The Balaban J connectivity index is 0.962. The SMILES string of the molecule is C=C(/C=C\C=C/C)C1(c2ccccc2)c2cc(-c3ccc4c(c3)C3CC(C(C)(C)C)CCC3(C)N4c3ccccc3)ccc2-c2c1c1ccc(-c3ccc4c(c3)C3CC(C(C)(C)C)CCC3(C)N4c3ccccc3)cc1c1ccccc21. The van der Waals surface area contributed by atoms with Gasteiger partial charge in [-0.15, -0.1) is 0 Å². The maximum atomic E-state index is 5.16. The van der Waals surface area contributed by atoms with E-state index in [2.05, 4.69) is 284 Å². The number of hydrogen-bond acceptors (Lipinski definition) is 2. The van der Waals surface area contributed by atoms with Gasteiger partial charge in [-0.3, -0.25) is 0 Å². The van der Waals surface area contributed by atoms with Crippen molar-refractivity contribution >= 4 is 44.3 Å². The number of rotatable bonds is 8. The van der Waals surface area contributed by atoms with Crippen LogP contribution in [-0.4, -0.2) is 11.1 Å². The van der Waals surface area contributed by atoms with Crippen molar-refractivity contribution in [1.29, 1.82) is 0 Å². The normalized spacial score (nSPS) is 24.6. The summed E-state index contributed by atoms with van der Waals surface area (Å²) in [6.45, 7) is 27.1. The van der Waals surface area contributed by atoms with Gasteiger partial charge in [0, 0.05) is 45.7 Å². The van der Waals surface area contributed by atoms with E-state index in [0.29, 0.717) is 23.7 Å². The van der Waals surface area contributed by atoms with Gasteiger partial charge in [0.05, 0.1) is 5.41 Å². The summed E-state index contributed by atoms with van der Waals surface area (Å²) in [5.74, 6) is 2.15. The molecule has 9 aromatic rings. The summed E-state index contributed by atoms with van der Waals surface area (Å²) < 4.78 is 0. The molecule has 0 bridgehead atoms. The number of hydrogen-bond donors (Lipinski definition) is 0. The van der Waals surface area contributed by atoms with Crippen molar-refractivity contribution in [2.24, 2.45) is 22.7 Å². The molecule has 2 aliphatic heterocycles. The number of allylic oxidation sites excluding steroid dienone is 5. The zero-order valence-corrected chi connectivity index (χ0v) is 49.9. The number of benzene rings is 9. The number of para-hydroxylation sites is 2. The molecule has 2 saturated carbocycles. The Morgan fingerprint density at radius 1 is 0.500 bits per heavy atom. The molecule has 3 aliphatic carbocycles. The highest BCUT2D eigenvalue weighted by molar-refractivity contribution is 6.20. The fourth-order valence-electron chi connectivity index (χ4n) is 17.0. The van der Waals surface area contributed by atoms with Crippen molar-refractivity contribution in [3.05, 3.63) is 252 Å². The Labute approximate surface area is 489 Å². The van der Waals surface area contributed by atoms with Crippen LogP contribution in [0.1, 0.15) is 140 Å². The summed E-state index contributed by atoms with van der Waals surface area (Å²) >= 11 is 0. The molecule has 0 saturated heterocycles. The molecule has 7 atom stereocenters. The van der Waals surface area contributed by atoms with Crippen molar-refractivity contribution < 1.29 is 0 Å². The standard InChI is InChI=1S/C80H80N2/c1-11-12-16-25-52(2)80(57-26-17-13-18-27-57)71-49-56(55-37-41-73-68(48-55)70-51-59(77(6,7)8)43-45-79(70,10)82(73)61-30-21-15-22-31-61)35-39-65(71)74-63-33-24-23-32-62(63)66-46-53(34-38-64(66)75(74)80)54-36-40-72-67(47-54)69-50-58(76(3,4)5)42-44-78(69,9)81(72)60-28-19-14-20-29-60/h11-41,46-49,58-59,69-70H,2,42-45,50-51H2,1,3-10H3/b12-11-,25-16-. The van der Waals surface area contributed by atoms with Gasteiger partial charge in [-0.1, -0.05) is 200 Å². The zero-order chi connectivity index (χ0) is 56.5. The summed E-state index contributed by atoms with van der Waals surface area (Å²) in [6, 6.07) is 72.6. The minimum Gasteiger partial charge on any atom is -0.335 e. The average molecular weight is 1070 g/mol. The first-order valence-electron chi connectivity index (χ1n) is 30.7. The van der Waals surface area contributed by atoms with Crippen molar-refractivity contribution in [2.75, 3.05) is 9.80 Å². The second-order valence-electron chi connectivity index (χ2n) is 27.7. The van der Waals surface area contributed by atoms with Gasteiger partial charge in [0.2, 0.25) is 0 Å². The Morgan fingerprint density at radius 2 is 0.976 bits per heavy atom. The molecule has 2 nitrogen and oxygen atoms in total. The molecule has 2 heteroatoms. The lowest BCUT2D eigenvalue weighted by Crippen LogP contribution is -2.48. The van der Waals surface area contributed by atoms with Crippen LogP contribution < -0.4 is 9.80 Å². The summed E-state index contributed by atoms with van der Waals surface area (Å²) in [5, 5.41) is 5.11. The van der Waals surface area contributed by atoms with E-state index < -0.39 is 5.41 Å². The first kappa shape index (κ1) is 52.4. The Bertz CT molecular complexity index is 4050. The van der Waals surface area contributed by atoms with E-state index in [1.54, 1.807) is 0 Å². The molecule has 2 fully saturated rings. The van der Waals surface area contributed by atoms with Crippen molar-refractivity contribution in [2.45, 2.75) is 129 Å². The Morgan fingerprint density at radius 3 is 1.51 bits per heavy atom. The van der Waals surface area contributed by atoms with E-state index in [0.717, 1.165) is 5.57 Å². The molecule has 0 amide bonds. The van der Waals surface area contributed by atoms with Gasteiger partial charge >= 0.3 is 0 Å². The van der Waals surface area contributed by atoms with Gasteiger partial charge in [0.25, 0.3) is 0 Å². The molecular weight excluding hydrogens is 989 g/mol. The van der Waals surface area contributed by atoms with E-state index in [9.17, 15) is 0 Å². The smallest absolute Gasteiger partial charge is 0.0714 e. The Kier molecular flexibility index (Phi) is 12.3. The third kappa shape index (κ3) is 7.86. The highest BCUT2D eigenvalue weighted by Crippen LogP contribution is 2.65. The predicted molar refractivity (Wildman–Crippen MR) is 350 cm³/mol. The van der Waals surface area contributed by atoms with E-state index in [-0.39, 0.29) is 21.9 Å². The van der Waals surface area contributed by atoms with Crippen molar-refractivity contribution in [3.63, 3.8) is 0 Å². The zero-order valence-electron chi connectivity index (χ0n) is 49.9. The van der Waals surface area contributed by atoms with Crippen LogP contribution in [0.3, 0.4) is 0 Å². The summed E-state index contributed by atoms with van der Waals surface area (Å²) in [5.41, 5.74) is 20.6. The van der Waals surface area contributed by atoms with Crippen LogP contribution in [-0.2, 0) is 5.41 Å². The van der Waals surface area contributed by atoms with Gasteiger partial charge in [-0.05, 0) is 231 Å². The van der Waals surface area contributed by atoms with Gasteiger partial charge in [0.15, 0.2) is 0 Å². The fourth-order valence-corrected chi connectivity index (χ4v) is 17.0. The predicted octanol–water partition coefficient (Wildman–Crippen LogP) is 22.0. The van der Waals surface area contributed by atoms with Crippen LogP contribution in [0.25, 0.3) is 54.9 Å². The van der Waals surface area contributed by atoms with Gasteiger partial charge in [0.1, 0.15) is 0 Å². The molecule has 5 aliphatic rings. The number of fused-ring (bicyclic) bond motifs is 14. The van der Waals surface area contributed by atoms with E-state index >= 15 is 0 Å². The lowest BCUT2D eigenvalue weighted by molar-refractivity contribution is 0.127. The molecule has 82 heavy (non-hydrogen) atoms. The summed E-state index contributed by atoms with van der Waals surface area (Å²) in [6.07, 6.45) is 15.9. The third-order valence-corrected chi connectivity index (χ3v) is 21.4. The topological polar surface area (TPSA) is 6.48 Å². The molecular formula is C80H80N2. The molecule has 410 valence electrons. The second-order valence-corrected chi connectivity index (χ2v) is 27.7. The molecule has 0 N–H and O–H groups in total. The van der Waals surface area contributed by atoms with E-state index in [1.165, 1.54) is 144 Å². The Hall–Kier alpha value is -7.68. The van der Waals surface area contributed by atoms with Crippen LogP contribution in [0.5, 0.6) is 0 Å². The maximum absolute atomic E-state index is 5.16. The summed E-state index contributed by atoms with van der Waals surface area (Å²) in [4.78, 5) is 5.41. The van der Waals surface area contributed by atoms with Crippen LogP contribution >= 0.6 is 0 Å². The number of anilines is 4. The number of nitrogens with zero attached hydrogens (tertiary/aromatic N) is 2. The van der Waals surface area contributed by atoms with E-state index in [1.807, 2.05) is 0 Å². The molecule has 9 aromatic carbocycles. The van der Waals surface area contributed by atoms with Crippen molar-refractivity contribution in [1.82, 2.24) is 0 Å². The maximum Gasteiger partial charge on any atom is 0.0714 e. The van der Waals surface area contributed by atoms with Gasteiger partial charge in [-0.25, -0.2) is 0 Å². The van der Waals surface area contributed by atoms with Crippen LogP contribution in [0.4, 0.5) is 22.7 Å². The lowest BCUT2D eigenvalue weighted by atomic mass is 9.62. The van der Waals surface area contributed by atoms with Gasteiger partial charge < -0.3 is 9.80 Å².